The molecule has 3 heteroatoms. The van der Waals surface area contributed by atoms with Crippen LogP contribution in [-0.4, -0.2) is 23.8 Å². The molecule has 1 aliphatic heterocycles. The zero-order valence-electron chi connectivity index (χ0n) is 8.96. The number of ether oxygens (including phenoxy) is 2. The van der Waals surface area contributed by atoms with Crippen molar-refractivity contribution in [1.29, 1.82) is 0 Å². The van der Waals surface area contributed by atoms with E-state index in [4.69, 9.17) is 9.47 Å². The Kier molecular flexibility index (Phi) is 2.78. The summed E-state index contributed by atoms with van der Waals surface area (Å²) in [7, 11) is 0. The van der Waals surface area contributed by atoms with Crippen LogP contribution in [0, 0.1) is 5.92 Å². The fourth-order valence-electron chi connectivity index (χ4n) is 1.59. The van der Waals surface area contributed by atoms with E-state index in [9.17, 15) is 4.79 Å². The molecule has 0 amide bonds. The number of hydrogen-bond donors (Lipinski definition) is 0. The van der Waals surface area contributed by atoms with Crippen molar-refractivity contribution in [3.05, 3.63) is 0 Å². The van der Waals surface area contributed by atoms with Crippen molar-refractivity contribution in [1.82, 2.24) is 0 Å². The Morgan fingerprint density at radius 2 is 1.85 bits per heavy atom. The predicted octanol–water partition coefficient (Wildman–Crippen LogP) is 1.75. The summed E-state index contributed by atoms with van der Waals surface area (Å²) in [4.78, 5) is 11.2. The van der Waals surface area contributed by atoms with Crippen LogP contribution in [0.4, 0.5) is 0 Å². The zero-order chi connectivity index (χ0) is 10.2. The first-order chi connectivity index (χ1) is 5.83. The SMILES string of the molecule is CC(=O)[C@H]1OC(C)(C)O[C@@H]1C(C)C. The van der Waals surface area contributed by atoms with Crippen molar-refractivity contribution >= 4 is 5.78 Å². The molecule has 13 heavy (non-hydrogen) atoms. The maximum Gasteiger partial charge on any atom is 0.164 e. The van der Waals surface area contributed by atoms with Gasteiger partial charge in [-0.05, 0) is 26.7 Å². The summed E-state index contributed by atoms with van der Waals surface area (Å²) >= 11 is 0. The van der Waals surface area contributed by atoms with Gasteiger partial charge in [-0.2, -0.15) is 0 Å². The van der Waals surface area contributed by atoms with Gasteiger partial charge in [0, 0.05) is 0 Å². The summed E-state index contributed by atoms with van der Waals surface area (Å²) in [6.07, 6.45) is -0.498. The van der Waals surface area contributed by atoms with E-state index in [2.05, 4.69) is 0 Å². The molecular weight excluding hydrogens is 168 g/mol. The van der Waals surface area contributed by atoms with Gasteiger partial charge < -0.3 is 9.47 Å². The number of Topliss-reactive ketones (excluding diaryl/α,β-unsaturated/α-hetero) is 1. The molecule has 0 aliphatic carbocycles. The van der Waals surface area contributed by atoms with Gasteiger partial charge in [0.1, 0.15) is 6.10 Å². The zero-order valence-corrected chi connectivity index (χ0v) is 8.96. The summed E-state index contributed by atoms with van der Waals surface area (Å²) < 4.78 is 11.2. The molecule has 0 N–H and O–H groups in total. The van der Waals surface area contributed by atoms with Crippen LogP contribution in [0.3, 0.4) is 0 Å². The Labute approximate surface area is 79.4 Å². The first-order valence-electron chi connectivity index (χ1n) is 4.69. The number of ketones is 1. The first-order valence-corrected chi connectivity index (χ1v) is 4.69. The molecule has 1 heterocycles. The van der Waals surface area contributed by atoms with Gasteiger partial charge in [0.15, 0.2) is 11.6 Å². The van der Waals surface area contributed by atoms with Crippen LogP contribution in [0.15, 0.2) is 0 Å². The second kappa shape index (κ2) is 3.39. The third-order valence-corrected chi connectivity index (χ3v) is 2.19. The molecule has 0 saturated carbocycles. The molecule has 3 nitrogen and oxygen atoms in total. The Balaban J connectivity index is 2.77. The largest absolute Gasteiger partial charge is 0.344 e. The Morgan fingerprint density at radius 3 is 2.15 bits per heavy atom. The van der Waals surface area contributed by atoms with Crippen molar-refractivity contribution in [3.8, 4) is 0 Å². The highest BCUT2D eigenvalue weighted by Crippen LogP contribution is 2.32. The van der Waals surface area contributed by atoms with Gasteiger partial charge in [-0.1, -0.05) is 13.8 Å². The van der Waals surface area contributed by atoms with Crippen molar-refractivity contribution in [2.24, 2.45) is 5.92 Å². The van der Waals surface area contributed by atoms with E-state index in [0.717, 1.165) is 0 Å². The normalized spacial score (nSPS) is 32.5. The van der Waals surface area contributed by atoms with Gasteiger partial charge in [-0.3, -0.25) is 4.79 Å². The molecule has 0 spiro atoms. The Hall–Kier alpha value is -0.410. The molecule has 1 saturated heterocycles. The van der Waals surface area contributed by atoms with Crippen LogP contribution >= 0.6 is 0 Å². The molecule has 0 aromatic rings. The number of rotatable bonds is 2. The topological polar surface area (TPSA) is 35.5 Å². The minimum Gasteiger partial charge on any atom is -0.344 e. The molecule has 76 valence electrons. The van der Waals surface area contributed by atoms with Gasteiger partial charge in [-0.15, -0.1) is 0 Å². The van der Waals surface area contributed by atoms with Gasteiger partial charge >= 0.3 is 0 Å². The fraction of sp³-hybridized carbons (Fsp3) is 0.900. The lowest BCUT2D eigenvalue weighted by Gasteiger charge is -2.18. The third-order valence-electron chi connectivity index (χ3n) is 2.19. The summed E-state index contributed by atoms with van der Waals surface area (Å²) in [5.74, 6) is -0.273. The van der Waals surface area contributed by atoms with Crippen molar-refractivity contribution in [2.75, 3.05) is 0 Å². The lowest BCUT2D eigenvalue weighted by molar-refractivity contribution is -0.155. The molecular formula is C10H18O3. The van der Waals surface area contributed by atoms with E-state index in [1.54, 1.807) is 6.92 Å². The summed E-state index contributed by atoms with van der Waals surface area (Å²) in [6.45, 7) is 9.29. The summed E-state index contributed by atoms with van der Waals surface area (Å²) in [5, 5.41) is 0. The van der Waals surface area contributed by atoms with E-state index in [-0.39, 0.29) is 11.9 Å². The van der Waals surface area contributed by atoms with E-state index >= 15 is 0 Å². The monoisotopic (exact) mass is 186 g/mol. The highest BCUT2D eigenvalue weighted by atomic mass is 16.8. The quantitative estimate of drug-likeness (QED) is 0.659. The van der Waals surface area contributed by atoms with Crippen LogP contribution in [0.2, 0.25) is 0 Å². The predicted molar refractivity (Wildman–Crippen MR) is 49.3 cm³/mol. The van der Waals surface area contributed by atoms with E-state index in [1.807, 2.05) is 27.7 Å². The second-order valence-corrected chi connectivity index (χ2v) is 4.38. The van der Waals surface area contributed by atoms with Crippen molar-refractivity contribution in [2.45, 2.75) is 52.6 Å². The number of carbonyl (C=O) groups excluding carboxylic acids is 1. The van der Waals surface area contributed by atoms with E-state index < -0.39 is 11.9 Å². The molecule has 0 radical (unpaired) electrons. The van der Waals surface area contributed by atoms with Crippen molar-refractivity contribution < 1.29 is 14.3 Å². The van der Waals surface area contributed by atoms with Gasteiger partial charge in [-0.25, -0.2) is 0 Å². The third kappa shape index (κ3) is 2.29. The highest BCUT2D eigenvalue weighted by molar-refractivity contribution is 5.81. The summed E-state index contributed by atoms with van der Waals surface area (Å²) in [5.41, 5.74) is 0. The molecule has 0 aromatic carbocycles. The Bertz CT molecular complexity index is 208. The molecule has 0 aromatic heterocycles. The molecule has 0 bridgehead atoms. The molecule has 1 fully saturated rings. The minimum atomic E-state index is -0.620. The van der Waals surface area contributed by atoms with E-state index in [1.165, 1.54) is 0 Å². The smallest absolute Gasteiger partial charge is 0.164 e. The first kappa shape index (κ1) is 10.7. The maximum atomic E-state index is 11.2. The second-order valence-electron chi connectivity index (χ2n) is 4.38. The molecule has 2 atom stereocenters. The van der Waals surface area contributed by atoms with Crippen LogP contribution < -0.4 is 0 Å². The van der Waals surface area contributed by atoms with Crippen LogP contribution in [0.5, 0.6) is 0 Å². The molecule has 1 aliphatic rings. The van der Waals surface area contributed by atoms with Gasteiger partial charge in [0.05, 0.1) is 6.10 Å². The minimum absolute atomic E-state index is 0.0456. The lowest BCUT2D eigenvalue weighted by Crippen LogP contribution is -2.33. The number of carbonyl (C=O) groups is 1. The number of hydrogen-bond acceptors (Lipinski definition) is 3. The standard InChI is InChI=1S/C10H18O3/c1-6(2)8-9(7(3)11)13-10(4,5)12-8/h6,8-9H,1-5H3/t8-,9-/m1/s1. The van der Waals surface area contributed by atoms with Gasteiger partial charge in [0.2, 0.25) is 0 Å². The molecule has 1 rings (SSSR count). The van der Waals surface area contributed by atoms with Crippen LogP contribution in [0.25, 0.3) is 0 Å². The van der Waals surface area contributed by atoms with Crippen molar-refractivity contribution in [3.63, 3.8) is 0 Å². The average molecular weight is 186 g/mol. The summed E-state index contributed by atoms with van der Waals surface area (Å²) in [6, 6.07) is 0. The highest BCUT2D eigenvalue weighted by Gasteiger charge is 2.44. The Morgan fingerprint density at radius 1 is 1.31 bits per heavy atom. The van der Waals surface area contributed by atoms with Crippen LogP contribution in [0.1, 0.15) is 34.6 Å². The average Bonchev–Trinajstić information content (AvgIpc) is 2.26. The van der Waals surface area contributed by atoms with Gasteiger partial charge in [0.25, 0.3) is 0 Å². The fourth-order valence-corrected chi connectivity index (χ4v) is 1.59. The lowest BCUT2D eigenvalue weighted by atomic mass is 10.00. The molecule has 0 unspecified atom stereocenters. The van der Waals surface area contributed by atoms with E-state index in [0.29, 0.717) is 5.92 Å². The van der Waals surface area contributed by atoms with Crippen LogP contribution in [-0.2, 0) is 14.3 Å². The maximum absolute atomic E-state index is 11.2.